The smallest absolute Gasteiger partial charge is 0.123 e. The third-order valence-corrected chi connectivity index (χ3v) is 3.72. The number of pyridine rings is 1. The molecule has 1 atom stereocenters. The van der Waals surface area contributed by atoms with Crippen molar-refractivity contribution in [2.75, 3.05) is 0 Å². The number of aliphatic hydroxyl groups is 1. The van der Waals surface area contributed by atoms with E-state index in [0.717, 1.165) is 21.2 Å². The molecule has 0 bridgehead atoms. The van der Waals surface area contributed by atoms with Crippen LogP contribution in [0, 0.1) is 19.7 Å². The van der Waals surface area contributed by atoms with Crippen molar-refractivity contribution in [2.24, 2.45) is 0 Å². The molecule has 0 radical (unpaired) electrons. The highest BCUT2D eigenvalue weighted by atomic mass is 32.2. The van der Waals surface area contributed by atoms with Gasteiger partial charge in [-0.25, -0.2) is 9.37 Å². The topological polar surface area (TPSA) is 33.1 Å². The maximum atomic E-state index is 13.2. The summed E-state index contributed by atoms with van der Waals surface area (Å²) in [5.41, 5.74) is 2.67. The number of aryl methyl sites for hydroxylation is 2. The second-order valence-corrected chi connectivity index (χ2v) is 5.65. The molecule has 2 rings (SSSR count). The summed E-state index contributed by atoms with van der Waals surface area (Å²) in [5.74, 6) is -0.339. The Hall–Kier alpha value is -1.39. The molecule has 0 fully saturated rings. The van der Waals surface area contributed by atoms with E-state index in [-0.39, 0.29) is 5.82 Å². The number of benzene rings is 1. The third kappa shape index (κ3) is 3.55. The van der Waals surface area contributed by atoms with Crippen LogP contribution in [0.5, 0.6) is 0 Å². The van der Waals surface area contributed by atoms with Gasteiger partial charge in [0.15, 0.2) is 0 Å². The molecular weight excluding hydrogens is 261 g/mol. The highest BCUT2D eigenvalue weighted by molar-refractivity contribution is 7.99. The molecule has 1 aromatic carbocycles. The van der Waals surface area contributed by atoms with Gasteiger partial charge < -0.3 is 5.11 Å². The minimum absolute atomic E-state index is 0.339. The Labute approximate surface area is 116 Å². The van der Waals surface area contributed by atoms with Crippen LogP contribution >= 0.6 is 11.8 Å². The van der Waals surface area contributed by atoms with Crippen molar-refractivity contribution >= 4 is 11.8 Å². The van der Waals surface area contributed by atoms with Crippen LogP contribution < -0.4 is 0 Å². The Morgan fingerprint density at radius 2 is 1.95 bits per heavy atom. The first-order valence-corrected chi connectivity index (χ1v) is 6.88. The van der Waals surface area contributed by atoms with Crippen molar-refractivity contribution in [3.8, 4) is 0 Å². The van der Waals surface area contributed by atoms with Crippen molar-refractivity contribution in [1.29, 1.82) is 0 Å². The van der Waals surface area contributed by atoms with Gasteiger partial charge in [-0.1, -0.05) is 11.8 Å². The summed E-state index contributed by atoms with van der Waals surface area (Å²) >= 11 is 1.44. The number of hydrogen-bond acceptors (Lipinski definition) is 3. The number of aromatic nitrogens is 1. The predicted octanol–water partition coefficient (Wildman–Crippen LogP) is 4.04. The zero-order valence-electron chi connectivity index (χ0n) is 11.1. The molecule has 0 saturated heterocycles. The standard InChI is InChI=1S/C15H16FNOS/c1-9-6-10(2)17-15(7-9)19-14-5-4-12(16)8-13(14)11(3)18/h4-8,11,18H,1-3H3/t11-/m1/s1. The van der Waals surface area contributed by atoms with Crippen LogP contribution in [0.3, 0.4) is 0 Å². The molecule has 1 heterocycles. The van der Waals surface area contributed by atoms with Crippen LogP contribution in [-0.2, 0) is 0 Å². The van der Waals surface area contributed by atoms with Crippen molar-refractivity contribution in [2.45, 2.75) is 36.8 Å². The van der Waals surface area contributed by atoms with Crippen molar-refractivity contribution in [3.63, 3.8) is 0 Å². The number of halogens is 1. The first-order chi connectivity index (χ1) is 8.95. The number of aliphatic hydroxyl groups excluding tert-OH is 1. The molecule has 4 heteroatoms. The molecule has 2 nitrogen and oxygen atoms in total. The van der Waals surface area contributed by atoms with Gasteiger partial charge >= 0.3 is 0 Å². The van der Waals surface area contributed by atoms with Crippen molar-refractivity contribution < 1.29 is 9.50 Å². The van der Waals surface area contributed by atoms with E-state index in [4.69, 9.17) is 0 Å². The largest absolute Gasteiger partial charge is 0.389 e. The minimum atomic E-state index is -0.705. The minimum Gasteiger partial charge on any atom is -0.389 e. The van der Waals surface area contributed by atoms with Crippen LogP contribution in [0.4, 0.5) is 4.39 Å². The van der Waals surface area contributed by atoms with E-state index in [2.05, 4.69) is 4.98 Å². The van der Waals surface area contributed by atoms with Gasteiger partial charge in [-0.2, -0.15) is 0 Å². The molecule has 0 aliphatic rings. The summed E-state index contributed by atoms with van der Waals surface area (Å²) in [6, 6.07) is 8.44. The highest BCUT2D eigenvalue weighted by Gasteiger charge is 2.11. The normalized spacial score (nSPS) is 12.5. The molecule has 0 spiro atoms. The van der Waals surface area contributed by atoms with Gasteiger partial charge in [-0.3, -0.25) is 0 Å². The molecular formula is C15H16FNOS. The Kier molecular flexibility index (Phi) is 4.22. The van der Waals surface area contributed by atoms with E-state index in [9.17, 15) is 9.50 Å². The number of hydrogen-bond donors (Lipinski definition) is 1. The van der Waals surface area contributed by atoms with Gasteiger partial charge in [-0.15, -0.1) is 0 Å². The van der Waals surface area contributed by atoms with Gasteiger partial charge in [0.25, 0.3) is 0 Å². The Morgan fingerprint density at radius 1 is 1.21 bits per heavy atom. The lowest BCUT2D eigenvalue weighted by molar-refractivity contribution is 0.196. The first-order valence-electron chi connectivity index (χ1n) is 6.06. The summed E-state index contributed by atoms with van der Waals surface area (Å²) in [6.45, 7) is 5.59. The predicted molar refractivity (Wildman–Crippen MR) is 74.9 cm³/mol. The summed E-state index contributed by atoms with van der Waals surface area (Å²) in [5, 5.41) is 10.6. The molecule has 0 aliphatic heterocycles. The molecule has 1 N–H and O–H groups in total. The zero-order valence-corrected chi connectivity index (χ0v) is 12.0. The molecule has 0 saturated carbocycles. The quantitative estimate of drug-likeness (QED) is 0.919. The van der Waals surface area contributed by atoms with Crippen molar-refractivity contribution in [3.05, 3.63) is 53.0 Å². The summed E-state index contributed by atoms with van der Waals surface area (Å²) in [7, 11) is 0. The van der Waals surface area contributed by atoms with Gasteiger partial charge in [-0.05, 0) is 62.2 Å². The van der Waals surface area contributed by atoms with Crippen LogP contribution in [0.15, 0.2) is 40.3 Å². The highest BCUT2D eigenvalue weighted by Crippen LogP contribution is 2.33. The molecule has 1 aromatic heterocycles. The van der Waals surface area contributed by atoms with E-state index in [1.807, 2.05) is 26.0 Å². The zero-order chi connectivity index (χ0) is 14.0. The Balaban J connectivity index is 2.37. The van der Waals surface area contributed by atoms with E-state index in [0.29, 0.717) is 5.56 Å². The fourth-order valence-corrected chi connectivity index (χ4v) is 3.05. The maximum Gasteiger partial charge on any atom is 0.123 e. The van der Waals surface area contributed by atoms with Crippen LogP contribution in [0.2, 0.25) is 0 Å². The second-order valence-electron chi connectivity index (χ2n) is 4.58. The van der Waals surface area contributed by atoms with E-state index >= 15 is 0 Å². The Morgan fingerprint density at radius 3 is 2.58 bits per heavy atom. The SMILES string of the molecule is Cc1cc(C)nc(Sc2ccc(F)cc2[C@@H](C)O)c1. The molecule has 0 amide bonds. The van der Waals surface area contributed by atoms with Gasteiger partial charge in [0, 0.05) is 10.6 Å². The third-order valence-electron chi connectivity index (χ3n) is 2.71. The van der Waals surface area contributed by atoms with E-state index in [1.54, 1.807) is 13.0 Å². The summed E-state index contributed by atoms with van der Waals surface area (Å²) in [6.07, 6.45) is -0.705. The monoisotopic (exact) mass is 277 g/mol. The fourth-order valence-electron chi connectivity index (χ4n) is 1.91. The van der Waals surface area contributed by atoms with Crippen LogP contribution in [-0.4, -0.2) is 10.1 Å². The lowest BCUT2D eigenvalue weighted by Gasteiger charge is -2.12. The Bertz CT molecular complexity index is 578. The van der Waals surface area contributed by atoms with Crippen LogP contribution in [0.1, 0.15) is 29.8 Å². The number of nitrogens with zero attached hydrogens (tertiary/aromatic N) is 1. The summed E-state index contributed by atoms with van der Waals surface area (Å²) < 4.78 is 13.2. The summed E-state index contributed by atoms with van der Waals surface area (Å²) in [4.78, 5) is 5.27. The van der Waals surface area contributed by atoms with E-state index < -0.39 is 6.10 Å². The van der Waals surface area contributed by atoms with Crippen LogP contribution in [0.25, 0.3) is 0 Å². The van der Waals surface area contributed by atoms with E-state index in [1.165, 1.54) is 23.9 Å². The maximum absolute atomic E-state index is 13.2. The lowest BCUT2D eigenvalue weighted by Crippen LogP contribution is -1.96. The molecule has 0 aliphatic carbocycles. The van der Waals surface area contributed by atoms with Crippen molar-refractivity contribution in [1.82, 2.24) is 4.98 Å². The lowest BCUT2D eigenvalue weighted by atomic mass is 10.1. The van der Waals surface area contributed by atoms with Gasteiger partial charge in [0.1, 0.15) is 10.8 Å². The average Bonchev–Trinajstić information content (AvgIpc) is 2.30. The fraction of sp³-hybridized carbons (Fsp3) is 0.267. The second kappa shape index (κ2) is 5.72. The van der Waals surface area contributed by atoms with Gasteiger partial charge in [0.05, 0.1) is 6.10 Å². The molecule has 0 unspecified atom stereocenters. The van der Waals surface area contributed by atoms with Gasteiger partial charge in [0.2, 0.25) is 0 Å². The average molecular weight is 277 g/mol. The molecule has 19 heavy (non-hydrogen) atoms. The first kappa shape index (κ1) is 14.0. The number of rotatable bonds is 3. The molecule has 100 valence electrons. The molecule has 2 aromatic rings.